The van der Waals surface area contributed by atoms with E-state index in [9.17, 15) is 4.79 Å². The van der Waals surface area contributed by atoms with Crippen molar-refractivity contribution in [2.24, 2.45) is 5.73 Å². The van der Waals surface area contributed by atoms with Crippen LogP contribution in [0.25, 0.3) is 0 Å². The van der Waals surface area contributed by atoms with Gasteiger partial charge in [-0.05, 0) is 6.92 Å². The normalized spacial score (nSPS) is 10.3. The third-order valence-electron chi connectivity index (χ3n) is 0.805. The van der Waals surface area contributed by atoms with Gasteiger partial charge in [0, 0.05) is 13.8 Å². The number of nitrogens with zero attached hydrogens (tertiary/aromatic N) is 2. The van der Waals surface area contributed by atoms with E-state index in [1.807, 2.05) is 0 Å². The number of hydrogen-bond acceptors (Lipinski definition) is 5. The standard InChI is InChI=1S/C4H9NO3.2C2H3N.K.H/c1-2(6)3(5)4(7)8;2*1-2-3;;/h2-3,6H,5H2,1H3,(H,7,8);2*1H3;;. The van der Waals surface area contributed by atoms with E-state index in [1.54, 1.807) is 12.1 Å². The average molecular weight is 241 g/mol. The first-order valence-corrected chi connectivity index (χ1v) is 3.67. The third kappa shape index (κ3) is 31.5. The van der Waals surface area contributed by atoms with Crippen molar-refractivity contribution in [3.63, 3.8) is 0 Å². The molecule has 0 aromatic heterocycles. The Balaban J connectivity index is -0.0000000733. The summed E-state index contributed by atoms with van der Waals surface area (Å²) in [4.78, 5) is 9.86. The molecule has 82 valence electrons. The van der Waals surface area contributed by atoms with Gasteiger partial charge >= 0.3 is 57.4 Å². The second kappa shape index (κ2) is 19.6. The Kier molecular flexibility index (Phi) is 31.7. The molecule has 2 unspecified atom stereocenters. The Bertz CT molecular complexity index is 208. The molecule has 0 bridgehead atoms. The van der Waals surface area contributed by atoms with Gasteiger partial charge in [-0.15, -0.1) is 0 Å². The van der Waals surface area contributed by atoms with Gasteiger partial charge < -0.3 is 15.9 Å². The molecule has 0 aliphatic rings. The van der Waals surface area contributed by atoms with Crippen molar-refractivity contribution in [2.75, 3.05) is 0 Å². The van der Waals surface area contributed by atoms with Gasteiger partial charge in [0.2, 0.25) is 0 Å². The second-order valence-corrected chi connectivity index (χ2v) is 2.05. The van der Waals surface area contributed by atoms with Gasteiger partial charge in [-0.2, -0.15) is 10.5 Å². The number of rotatable bonds is 2. The number of aliphatic hydroxyl groups excluding tert-OH is 1. The van der Waals surface area contributed by atoms with Crippen LogP contribution in [0.4, 0.5) is 0 Å². The van der Waals surface area contributed by atoms with Crippen LogP contribution in [0.15, 0.2) is 0 Å². The summed E-state index contributed by atoms with van der Waals surface area (Å²) in [6.07, 6.45) is -0.979. The summed E-state index contributed by atoms with van der Waals surface area (Å²) in [6.45, 7) is 4.19. The van der Waals surface area contributed by atoms with Crippen molar-refractivity contribution in [2.45, 2.75) is 32.9 Å². The number of carboxylic acids is 1. The van der Waals surface area contributed by atoms with Crippen LogP contribution >= 0.6 is 0 Å². The maximum absolute atomic E-state index is 9.86. The number of carboxylic acid groups (broad SMARTS) is 1. The molecule has 0 radical (unpaired) electrons. The number of hydrogen-bond donors (Lipinski definition) is 3. The van der Waals surface area contributed by atoms with Gasteiger partial charge in [-0.1, -0.05) is 0 Å². The summed E-state index contributed by atoms with van der Waals surface area (Å²) in [7, 11) is 0. The minimum absolute atomic E-state index is 0. The summed E-state index contributed by atoms with van der Waals surface area (Å²) in [6, 6.07) is 2.34. The molecule has 15 heavy (non-hydrogen) atoms. The minimum atomic E-state index is -1.18. The molecular weight excluding hydrogens is 225 g/mol. The second-order valence-electron chi connectivity index (χ2n) is 2.05. The van der Waals surface area contributed by atoms with E-state index in [0.29, 0.717) is 0 Å². The van der Waals surface area contributed by atoms with E-state index in [1.165, 1.54) is 20.8 Å². The molecule has 0 saturated carbocycles. The molecular formula is C8H16KN3O3. The molecule has 2 atom stereocenters. The number of aliphatic carboxylic acids is 1. The van der Waals surface area contributed by atoms with Gasteiger partial charge in [-0.25, -0.2) is 0 Å². The van der Waals surface area contributed by atoms with Gasteiger partial charge in [0.25, 0.3) is 0 Å². The van der Waals surface area contributed by atoms with Crippen molar-refractivity contribution in [1.82, 2.24) is 0 Å². The van der Waals surface area contributed by atoms with Gasteiger partial charge in [-0.3, -0.25) is 4.79 Å². The molecule has 6 nitrogen and oxygen atoms in total. The summed E-state index contributed by atoms with van der Waals surface area (Å²) >= 11 is 0. The zero-order chi connectivity index (χ0) is 12.1. The van der Waals surface area contributed by atoms with Crippen LogP contribution < -0.4 is 5.73 Å². The number of nitriles is 2. The molecule has 0 fully saturated rings. The van der Waals surface area contributed by atoms with E-state index in [-0.39, 0.29) is 51.4 Å². The zero-order valence-electron chi connectivity index (χ0n) is 8.43. The molecule has 0 aromatic rings. The Hall–Kier alpha value is 0.00636. The Morgan fingerprint density at radius 1 is 1.33 bits per heavy atom. The van der Waals surface area contributed by atoms with E-state index in [0.717, 1.165) is 0 Å². The predicted octanol–water partition coefficient (Wildman–Crippen LogP) is -0.810. The maximum atomic E-state index is 9.86. The van der Waals surface area contributed by atoms with Crippen LogP contribution in [0.5, 0.6) is 0 Å². The fourth-order valence-electron chi connectivity index (χ4n) is 0.206. The molecule has 0 saturated heterocycles. The third-order valence-corrected chi connectivity index (χ3v) is 0.805. The van der Waals surface area contributed by atoms with Crippen LogP contribution in [0.2, 0.25) is 0 Å². The van der Waals surface area contributed by atoms with E-state index in [4.69, 9.17) is 26.5 Å². The topological polar surface area (TPSA) is 131 Å². The number of nitrogens with two attached hydrogens (primary N) is 1. The summed E-state index contributed by atoms with van der Waals surface area (Å²) in [5.41, 5.74) is 4.91. The van der Waals surface area contributed by atoms with E-state index >= 15 is 0 Å². The number of carbonyl (C=O) groups is 1. The van der Waals surface area contributed by atoms with Crippen LogP contribution in [-0.4, -0.2) is 79.7 Å². The summed E-state index contributed by atoms with van der Waals surface area (Å²) in [5, 5.41) is 31.2. The molecule has 0 aliphatic heterocycles. The fourth-order valence-corrected chi connectivity index (χ4v) is 0.206. The molecule has 7 heteroatoms. The van der Waals surface area contributed by atoms with Crippen molar-refractivity contribution in [3.05, 3.63) is 0 Å². The number of aliphatic hydroxyl groups is 1. The summed E-state index contributed by atoms with van der Waals surface area (Å²) in [5.74, 6) is -1.18. The molecule has 0 aromatic carbocycles. The van der Waals surface area contributed by atoms with Gasteiger partial charge in [0.05, 0.1) is 18.2 Å². The fraction of sp³-hybridized carbons (Fsp3) is 0.625. The van der Waals surface area contributed by atoms with Crippen molar-refractivity contribution in [1.29, 1.82) is 10.5 Å². The van der Waals surface area contributed by atoms with Gasteiger partial charge in [0.1, 0.15) is 6.04 Å². The zero-order valence-corrected chi connectivity index (χ0v) is 8.43. The van der Waals surface area contributed by atoms with Gasteiger partial charge in [0.15, 0.2) is 0 Å². The van der Waals surface area contributed by atoms with Crippen molar-refractivity contribution in [3.8, 4) is 12.1 Å². The summed E-state index contributed by atoms with van der Waals surface area (Å²) < 4.78 is 0. The Morgan fingerprint density at radius 3 is 1.53 bits per heavy atom. The van der Waals surface area contributed by atoms with E-state index in [2.05, 4.69) is 0 Å². The molecule has 0 spiro atoms. The molecule has 4 N–H and O–H groups in total. The van der Waals surface area contributed by atoms with Crippen molar-refractivity contribution < 1.29 is 15.0 Å². The monoisotopic (exact) mass is 241 g/mol. The van der Waals surface area contributed by atoms with Crippen LogP contribution in [0.1, 0.15) is 20.8 Å². The molecule has 0 aliphatic carbocycles. The molecule has 0 amide bonds. The van der Waals surface area contributed by atoms with Crippen LogP contribution in [-0.2, 0) is 4.79 Å². The first-order valence-electron chi connectivity index (χ1n) is 3.67. The van der Waals surface area contributed by atoms with E-state index < -0.39 is 18.1 Å². The first-order chi connectivity index (χ1) is 6.38. The molecule has 0 rings (SSSR count). The molecule has 0 heterocycles. The Morgan fingerprint density at radius 2 is 1.53 bits per heavy atom. The average Bonchev–Trinajstić information content (AvgIpc) is 2.05. The quantitative estimate of drug-likeness (QED) is 0.542. The first kappa shape index (κ1) is 24.3. The van der Waals surface area contributed by atoms with Crippen LogP contribution in [0, 0.1) is 22.7 Å². The SMILES string of the molecule is CC#N.CC#N.CC(O)C(N)C(=O)O.[KH]. The predicted molar refractivity (Wildman–Crippen MR) is 57.0 cm³/mol. The Labute approximate surface area is 132 Å². The van der Waals surface area contributed by atoms with Crippen molar-refractivity contribution >= 4 is 57.4 Å². The van der Waals surface area contributed by atoms with Crippen LogP contribution in [0.3, 0.4) is 0 Å².